The minimum absolute atomic E-state index is 1.22. The third-order valence-corrected chi connectivity index (χ3v) is 1.94. The number of hydrogen-bond donors (Lipinski definition) is 0. The van der Waals surface area contributed by atoms with E-state index in [2.05, 4.69) is 0 Å². The maximum absolute atomic E-state index is 10.2. The standard InChI is InChI=1S/C4H4N.2O.Ti/c1-2-4-5-3-1;;;/h1-4H;;;/q-1;;;+1. The van der Waals surface area contributed by atoms with Crippen molar-refractivity contribution in [1.29, 1.82) is 0 Å². The molecule has 1 rings (SSSR count). The number of rotatable bonds is 1. The predicted octanol–water partition coefficient (Wildman–Crippen LogP) is 0.560. The van der Waals surface area contributed by atoms with Crippen LogP contribution < -0.4 is 0 Å². The predicted molar refractivity (Wildman–Crippen MR) is 21.2 cm³/mol. The van der Waals surface area contributed by atoms with E-state index in [-0.39, 0.29) is 0 Å². The SMILES string of the molecule is [O]=[Ti](=[O])[n]1cccc1. The van der Waals surface area contributed by atoms with Crippen LogP contribution in [0.25, 0.3) is 0 Å². The molecular formula is C4H4NO2Ti. The Labute approximate surface area is 52.7 Å². The molecule has 0 atom stereocenters. The van der Waals surface area contributed by atoms with Crippen molar-refractivity contribution in [2.75, 3.05) is 0 Å². The van der Waals surface area contributed by atoms with Crippen LogP contribution >= 0.6 is 0 Å². The van der Waals surface area contributed by atoms with Crippen molar-refractivity contribution in [3.63, 3.8) is 0 Å². The van der Waals surface area contributed by atoms with Crippen molar-refractivity contribution in [2.24, 2.45) is 0 Å². The third kappa shape index (κ3) is 1.05. The van der Waals surface area contributed by atoms with Crippen molar-refractivity contribution in [3.05, 3.63) is 24.5 Å². The third-order valence-electron chi connectivity index (χ3n) is 0.815. The topological polar surface area (TPSA) is 39.1 Å². The van der Waals surface area contributed by atoms with Gasteiger partial charge >= 0.3 is 52.3 Å². The van der Waals surface area contributed by atoms with Gasteiger partial charge in [-0.05, 0) is 0 Å². The molecule has 1 heterocycles. The molecule has 1 aromatic heterocycles. The molecule has 0 N–H and O–H groups in total. The monoisotopic (exact) mass is 146 g/mol. The second-order valence-corrected chi connectivity index (χ2v) is 2.99. The van der Waals surface area contributed by atoms with Crippen LogP contribution in [0.1, 0.15) is 0 Å². The molecule has 0 aliphatic carbocycles. The summed E-state index contributed by atoms with van der Waals surface area (Å²) in [6.07, 6.45) is 3.05. The van der Waals surface area contributed by atoms with E-state index in [1.165, 1.54) is 15.4 Å². The van der Waals surface area contributed by atoms with Crippen molar-refractivity contribution in [3.8, 4) is 0 Å². The zero-order valence-electron chi connectivity index (χ0n) is 4.07. The Balaban J connectivity index is 3.11. The van der Waals surface area contributed by atoms with Crippen LogP contribution in [0.4, 0.5) is 0 Å². The van der Waals surface area contributed by atoms with Gasteiger partial charge in [0, 0.05) is 0 Å². The first-order valence-electron chi connectivity index (χ1n) is 2.15. The van der Waals surface area contributed by atoms with Crippen molar-refractivity contribution in [1.82, 2.24) is 3.05 Å². The normalized spacial score (nSPS) is 9.00. The van der Waals surface area contributed by atoms with Crippen LogP contribution in [0, 0.1) is 0 Å². The van der Waals surface area contributed by atoms with Crippen LogP contribution in [0.5, 0.6) is 0 Å². The van der Waals surface area contributed by atoms with Crippen LogP contribution in [0.2, 0.25) is 0 Å². The first-order chi connectivity index (χ1) is 3.80. The van der Waals surface area contributed by atoms with E-state index < -0.39 is 18.1 Å². The molecule has 3 nitrogen and oxygen atoms in total. The Morgan fingerprint density at radius 1 is 1.12 bits per heavy atom. The van der Waals surface area contributed by atoms with Crippen LogP contribution in [-0.2, 0) is 24.7 Å². The molecular weight excluding hydrogens is 142 g/mol. The van der Waals surface area contributed by atoms with E-state index >= 15 is 0 Å². The number of nitrogens with zero attached hydrogens (tertiary/aromatic N) is 1. The van der Waals surface area contributed by atoms with Gasteiger partial charge in [0.1, 0.15) is 0 Å². The van der Waals surface area contributed by atoms with Crippen molar-refractivity contribution in [2.45, 2.75) is 0 Å². The van der Waals surface area contributed by atoms with Crippen LogP contribution in [-0.4, -0.2) is 3.05 Å². The van der Waals surface area contributed by atoms with E-state index in [1.807, 2.05) is 0 Å². The van der Waals surface area contributed by atoms with Gasteiger partial charge in [0.05, 0.1) is 0 Å². The molecule has 0 radical (unpaired) electrons. The summed E-state index contributed by atoms with van der Waals surface area (Å²) in [6.45, 7) is 0. The molecule has 0 aliphatic heterocycles. The van der Waals surface area contributed by atoms with Gasteiger partial charge in [-0.25, -0.2) is 0 Å². The van der Waals surface area contributed by atoms with Gasteiger partial charge in [0.2, 0.25) is 0 Å². The van der Waals surface area contributed by atoms with Crippen LogP contribution in [0.3, 0.4) is 0 Å². The molecule has 0 fully saturated rings. The maximum atomic E-state index is 10.2. The second-order valence-electron chi connectivity index (χ2n) is 1.36. The Morgan fingerprint density at radius 3 is 1.88 bits per heavy atom. The minimum atomic E-state index is -3.30. The van der Waals surface area contributed by atoms with Gasteiger partial charge in [0.15, 0.2) is 0 Å². The molecule has 4 heteroatoms. The van der Waals surface area contributed by atoms with Gasteiger partial charge in [-0.15, -0.1) is 0 Å². The van der Waals surface area contributed by atoms with E-state index in [1.54, 1.807) is 12.1 Å². The molecule has 0 aromatic carbocycles. The van der Waals surface area contributed by atoms with Gasteiger partial charge in [0.25, 0.3) is 0 Å². The van der Waals surface area contributed by atoms with E-state index in [0.717, 1.165) is 0 Å². The first-order valence-corrected chi connectivity index (χ1v) is 4.12. The summed E-state index contributed by atoms with van der Waals surface area (Å²) < 4.78 is 21.6. The van der Waals surface area contributed by atoms with Crippen LogP contribution in [0.15, 0.2) is 24.5 Å². The van der Waals surface area contributed by atoms with E-state index in [4.69, 9.17) is 0 Å². The van der Waals surface area contributed by atoms with E-state index in [9.17, 15) is 6.65 Å². The summed E-state index contributed by atoms with van der Waals surface area (Å²) in [4.78, 5) is 0. The average Bonchev–Trinajstić information content (AvgIpc) is 2.12. The molecule has 0 aliphatic rings. The Kier molecular flexibility index (Phi) is 1.60. The second kappa shape index (κ2) is 2.24. The average molecular weight is 146 g/mol. The van der Waals surface area contributed by atoms with Crippen molar-refractivity contribution < 1.29 is 24.7 Å². The number of aromatic nitrogens is 1. The number of hydrogen-bond acceptors (Lipinski definition) is 2. The quantitative estimate of drug-likeness (QED) is 0.543. The first kappa shape index (κ1) is 5.73. The molecule has 0 saturated carbocycles. The fourth-order valence-corrected chi connectivity index (χ4v) is 1.11. The van der Waals surface area contributed by atoms with Gasteiger partial charge in [-0.3, -0.25) is 0 Å². The molecule has 0 bridgehead atoms. The summed E-state index contributed by atoms with van der Waals surface area (Å²) in [5, 5.41) is 0. The molecule has 0 amide bonds. The molecule has 41 valence electrons. The summed E-state index contributed by atoms with van der Waals surface area (Å²) in [6, 6.07) is 3.37. The Bertz CT molecular complexity index is 216. The molecule has 0 saturated heterocycles. The van der Waals surface area contributed by atoms with Gasteiger partial charge < -0.3 is 0 Å². The summed E-state index contributed by atoms with van der Waals surface area (Å²) in [5.74, 6) is 0. The van der Waals surface area contributed by atoms with Crippen molar-refractivity contribution >= 4 is 0 Å². The van der Waals surface area contributed by atoms with E-state index in [0.29, 0.717) is 0 Å². The fraction of sp³-hybridized carbons (Fsp3) is 0. The molecule has 0 unspecified atom stereocenters. The Hall–Kier alpha value is -0.406. The summed E-state index contributed by atoms with van der Waals surface area (Å²) >= 11 is -3.30. The van der Waals surface area contributed by atoms with Gasteiger partial charge in [-0.1, -0.05) is 0 Å². The zero-order chi connectivity index (χ0) is 5.98. The molecule has 0 spiro atoms. The molecule has 8 heavy (non-hydrogen) atoms. The summed E-state index contributed by atoms with van der Waals surface area (Å²) in [5.41, 5.74) is 0. The zero-order valence-corrected chi connectivity index (χ0v) is 5.63. The summed E-state index contributed by atoms with van der Waals surface area (Å²) in [7, 11) is 0. The Morgan fingerprint density at radius 2 is 1.62 bits per heavy atom. The van der Waals surface area contributed by atoms with Gasteiger partial charge in [-0.2, -0.15) is 0 Å². The fourth-order valence-electron chi connectivity index (χ4n) is 0.456. The molecule has 1 aromatic rings.